The third kappa shape index (κ3) is 3.91. The van der Waals surface area contributed by atoms with Gasteiger partial charge in [-0.2, -0.15) is 0 Å². The molecule has 0 saturated heterocycles. The summed E-state index contributed by atoms with van der Waals surface area (Å²) >= 11 is 0. The first kappa shape index (κ1) is 29.8. The van der Waals surface area contributed by atoms with E-state index in [1.807, 2.05) is 0 Å². The zero-order valence-electron chi connectivity index (χ0n) is 30.7. The summed E-state index contributed by atoms with van der Waals surface area (Å²) in [4.78, 5) is 0. The van der Waals surface area contributed by atoms with Gasteiger partial charge in [0.25, 0.3) is 0 Å². The molecule has 2 unspecified atom stereocenters. The summed E-state index contributed by atoms with van der Waals surface area (Å²) in [5, 5.41) is 8.00. The van der Waals surface area contributed by atoms with Crippen LogP contribution in [0, 0.1) is 11.8 Å². The smallest absolute Gasteiger partial charge is 0.0159 e. The SMILES string of the molecule is CC1(C)C2=C(c3ccccc31)C1CC1C(c1ccc3c(c1)C(C)(C)c1cc(-c4ccc(-c5ccc6ccc7cccc8ccc5c6c78)cc4)ccc1-3)=C2. The van der Waals surface area contributed by atoms with Crippen molar-refractivity contribution in [3.05, 3.63) is 179 Å². The van der Waals surface area contributed by atoms with Crippen molar-refractivity contribution in [3.8, 4) is 33.4 Å². The normalized spacial score (nSPS) is 20.0. The molecule has 0 nitrogen and oxygen atoms in total. The third-order valence-corrected chi connectivity index (χ3v) is 13.8. The minimum atomic E-state index is -0.0795. The van der Waals surface area contributed by atoms with Gasteiger partial charge in [-0.1, -0.05) is 161 Å². The Kier molecular flexibility index (Phi) is 5.64. The largest absolute Gasteiger partial charge is 0.0619 e. The maximum atomic E-state index is 2.59. The molecule has 252 valence electrons. The molecule has 0 N–H and O–H groups in total. The summed E-state index contributed by atoms with van der Waals surface area (Å²) in [6, 6.07) is 53.3. The minimum absolute atomic E-state index is 0.0491. The van der Waals surface area contributed by atoms with E-state index in [9.17, 15) is 0 Å². The molecular weight excluding hydrogens is 637 g/mol. The first-order valence-corrected chi connectivity index (χ1v) is 19.4. The van der Waals surface area contributed by atoms with Gasteiger partial charge >= 0.3 is 0 Å². The molecule has 2 atom stereocenters. The van der Waals surface area contributed by atoms with Crippen molar-refractivity contribution in [2.45, 2.75) is 44.9 Å². The van der Waals surface area contributed by atoms with Gasteiger partial charge in [0.05, 0.1) is 0 Å². The van der Waals surface area contributed by atoms with Gasteiger partial charge < -0.3 is 0 Å². The average molecular weight is 677 g/mol. The van der Waals surface area contributed by atoms with Crippen LogP contribution in [-0.2, 0) is 10.8 Å². The lowest BCUT2D eigenvalue weighted by Gasteiger charge is -2.26. The fourth-order valence-corrected chi connectivity index (χ4v) is 10.9. The van der Waals surface area contributed by atoms with Crippen LogP contribution in [-0.4, -0.2) is 0 Å². The van der Waals surface area contributed by atoms with Gasteiger partial charge in [0.1, 0.15) is 0 Å². The highest BCUT2D eigenvalue weighted by Gasteiger charge is 2.52. The summed E-state index contributed by atoms with van der Waals surface area (Å²) < 4.78 is 0. The molecule has 0 spiro atoms. The fourth-order valence-electron chi connectivity index (χ4n) is 10.9. The Morgan fingerprint density at radius 1 is 0.434 bits per heavy atom. The number of hydrogen-bond donors (Lipinski definition) is 0. The second-order valence-corrected chi connectivity index (χ2v) is 17.2. The van der Waals surface area contributed by atoms with Gasteiger partial charge in [-0.05, 0) is 141 Å². The summed E-state index contributed by atoms with van der Waals surface area (Å²) in [7, 11) is 0. The topological polar surface area (TPSA) is 0 Å². The molecule has 0 aliphatic heterocycles. The lowest BCUT2D eigenvalue weighted by atomic mass is 9.77. The Morgan fingerprint density at radius 2 is 1.04 bits per heavy atom. The van der Waals surface area contributed by atoms with E-state index < -0.39 is 0 Å². The lowest BCUT2D eigenvalue weighted by molar-refractivity contribution is 0.651. The molecule has 8 aromatic carbocycles. The van der Waals surface area contributed by atoms with Crippen molar-refractivity contribution in [1.29, 1.82) is 0 Å². The fraction of sp³-hybridized carbons (Fsp3) is 0.170. The predicted octanol–water partition coefficient (Wildman–Crippen LogP) is 14.0. The van der Waals surface area contributed by atoms with Crippen LogP contribution >= 0.6 is 0 Å². The highest BCUT2D eigenvalue weighted by molar-refractivity contribution is 6.25. The molecule has 0 heterocycles. The Labute approximate surface area is 311 Å². The van der Waals surface area contributed by atoms with E-state index >= 15 is 0 Å². The summed E-state index contributed by atoms with van der Waals surface area (Å²) in [5.74, 6) is 1.30. The standard InChI is InChI=1S/C53H40/c1-52(2)45-11-6-5-10-41(45)51-44-28-43(44)42(29-48(51)52)36-21-24-39-38-23-20-35(26-46(38)53(3,4)47(39)27-36)30-12-14-31(15-13-30)37-22-18-34-17-16-32-8-7-9-33-19-25-40(37)50(34)49(32)33/h5-27,29,43-44H,28H2,1-4H3. The van der Waals surface area contributed by atoms with Crippen molar-refractivity contribution in [2.24, 2.45) is 11.8 Å². The van der Waals surface area contributed by atoms with Crippen LogP contribution in [0.15, 0.2) is 151 Å². The van der Waals surface area contributed by atoms with Crippen molar-refractivity contribution in [1.82, 2.24) is 0 Å². The molecule has 1 saturated carbocycles. The van der Waals surface area contributed by atoms with Gasteiger partial charge in [-0.25, -0.2) is 0 Å². The molecule has 8 aromatic rings. The molecule has 53 heavy (non-hydrogen) atoms. The molecule has 4 aliphatic rings. The van der Waals surface area contributed by atoms with Crippen LogP contribution in [0.2, 0.25) is 0 Å². The number of allylic oxidation sites excluding steroid dienone is 4. The van der Waals surface area contributed by atoms with E-state index in [-0.39, 0.29) is 10.8 Å². The van der Waals surface area contributed by atoms with E-state index in [0.717, 1.165) is 0 Å². The Hall–Kier alpha value is -5.72. The van der Waals surface area contributed by atoms with Crippen LogP contribution in [0.25, 0.3) is 76.8 Å². The van der Waals surface area contributed by atoms with E-state index in [1.165, 1.54) is 99.9 Å². The maximum Gasteiger partial charge on any atom is 0.0159 e. The molecule has 0 heteroatoms. The predicted molar refractivity (Wildman–Crippen MR) is 225 cm³/mol. The van der Waals surface area contributed by atoms with Crippen molar-refractivity contribution >= 4 is 43.5 Å². The van der Waals surface area contributed by atoms with Gasteiger partial charge in [0.2, 0.25) is 0 Å². The zero-order valence-corrected chi connectivity index (χ0v) is 30.7. The van der Waals surface area contributed by atoms with E-state index in [0.29, 0.717) is 11.8 Å². The number of benzene rings is 8. The molecule has 0 aromatic heterocycles. The summed E-state index contributed by atoms with van der Waals surface area (Å²) in [5.41, 5.74) is 19.9. The van der Waals surface area contributed by atoms with Crippen LogP contribution in [0.3, 0.4) is 0 Å². The summed E-state index contributed by atoms with van der Waals surface area (Å²) in [6.07, 6.45) is 3.86. The van der Waals surface area contributed by atoms with E-state index in [1.54, 1.807) is 16.7 Å². The van der Waals surface area contributed by atoms with Gasteiger partial charge in [0, 0.05) is 10.8 Å². The first-order chi connectivity index (χ1) is 25.8. The third-order valence-electron chi connectivity index (χ3n) is 13.8. The highest BCUT2D eigenvalue weighted by atomic mass is 14.6. The second-order valence-electron chi connectivity index (χ2n) is 17.2. The Balaban J connectivity index is 0.890. The first-order valence-electron chi connectivity index (χ1n) is 19.4. The van der Waals surface area contributed by atoms with Crippen LogP contribution in [0.1, 0.15) is 61.9 Å². The van der Waals surface area contributed by atoms with Crippen LogP contribution in [0.5, 0.6) is 0 Å². The zero-order chi connectivity index (χ0) is 35.4. The molecule has 1 fully saturated rings. The van der Waals surface area contributed by atoms with Crippen molar-refractivity contribution in [3.63, 3.8) is 0 Å². The Morgan fingerprint density at radius 3 is 1.81 bits per heavy atom. The number of hydrogen-bond acceptors (Lipinski definition) is 0. The summed E-state index contributed by atoms with van der Waals surface area (Å²) in [6.45, 7) is 9.69. The highest BCUT2D eigenvalue weighted by Crippen LogP contribution is 2.65. The van der Waals surface area contributed by atoms with Crippen LogP contribution in [0.4, 0.5) is 0 Å². The van der Waals surface area contributed by atoms with Gasteiger partial charge in [-0.15, -0.1) is 0 Å². The maximum absolute atomic E-state index is 2.59. The lowest BCUT2D eigenvalue weighted by Crippen LogP contribution is -2.17. The quantitative estimate of drug-likeness (QED) is 0.163. The molecule has 0 radical (unpaired) electrons. The molecule has 4 aliphatic carbocycles. The second kappa shape index (κ2) is 10.0. The average Bonchev–Trinajstić information content (AvgIpc) is 3.91. The van der Waals surface area contributed by atoms with Crippen LogP contribution < -0.4 is 0 Å². The number of rotatable bonds is 3. The molecule has 0 amide bonds. The number of fused-ring (bicyclic) bond motifs is 7. The molecular formula is C53H40. The van der Waals surface area contributed by atoms with Gasteiger partial charge in [-0.3, -0.25) is 0 Å². The molecule has 12 rings (SSSR count). The van der Waals surface area contributed by atoms with E-state index in [2.05, 4.69) is 173 Å². The Bertz CT molecular complexity index is 2940. The van der Waals surface area contributed by atoms with E-state index in [4.69, 9.17) is 0 Å². The van der Waals surface area contributed by atoms with Crippen molar-refractivity contribution < 1.29 is 0 Å². The minimum Gasteiger partial charge on any atom is -0.0619 e. The van der Waals surface area contributed by atoms with Crippen molar-refractivity contribution in [2.75, 3.05) is 0 Å². The van der Waals surface area contributed by atoms with Gasteiger partial charge in [0.15, 0.2) is 0 Å². The molecule has 0 bridgehead atoms. The monoisotopic (exact) mass is 676 g/mol.